The van der Waals surface area contributed by atoms with Crippen molar-refractivity contribution in [3.8, 4) is 11.5 Å². The number of allylic oxidation sites excluding steroid dienone is 1. The molecule has 0 aromatic heterocycles. The Balaban J connectivity index is 1.69. The lowest BCUT2D eigenvalue weighted by atomic mass is 9.78. The predicted molar refractivity (Wildman–Crippen MR) is 150 cm³/mol. The summed E-state index contributed by atoms with van der Waals surface area (Å²) in [6.45, 7) is 4.48. The summed E-state index contributed by atoms with van der Waals surface area (Å²) < 4.78 is 11.5. The molecular weight excluding hydrogens is 476 g/mol. The first kappa shape index (κ1) is 25.6. The van der Waals surface area contributed by atoms with Crippen LogP contribution in [-0.4, -0.2) is 25.4 Å². The third-order valence-corrected chi connectivity index (χ3v) is 7.32. The number of benzene rings is 3. The first-order valence-electron chi connectivity index (χ1n) is 13.4. The molecule has 38 heavy (non-hydrogen) atoms. The highest BCUT2D eigenvalue weighted by Gasteiger charge is 2.42. The molecule has 0 bridgehead atoms. The molecule has 3 aromatic rings. The number of rotatable bonds is 7. The van der Waals surface area contributed by atoms with Crippen LogP contribution in [0, 0.1) is 0 Å². The fourth-order valence-electron chi connectivity index (χ4n) is 5.49. The lowest BCUT2D eigenvalue weighted by molar-refractivity contribution is -0.119. The lowest BCUT2D eigenvalue weighted by Gasteiger charge is -2.35. The smallest absolute Gasteiger partial charge is 0.227 e. The molecule has 6 nitrogen and oxygen atoms in total. The van der Waals surface area contributed by atoms with Crippen LogP contribution in [0.4, 0.5) is 11.4 Å². The molecule has 0 spiro atoms. The molecule has 0 saturated heterocycles. The van der Waals surface area contributed by atoms with Gasteiger partial charge in [0.25, 0.3) is 0 Å². The monoisotopic (exact) mass is 510 g/mol. The number of ketones is 1. The van der Waals surface area contributed by atoms with Gasteiger partial charge < -0.3 is 14.8 Å². The number of ether oxygens (including phenoxy) is 2. The number of carbonyl (C=O) groups excluding carboxylic acids is 2. The van der Waals surface area contributed by atoms with Gasteiger partial charge in [-0.3, -0.25) is 14.5 Å². The number of nitrogens with zero attached hydrogens (tertiary/aromatic N) is 1. The van der Waals surface area contributed by atoms with Gasteiger partial charge in [0, 0.05) is 29.7 Å². The summed E-state index contributed by atoms with van der Waals surface area (Å²) in [6, 6.07) is 22.9. The SMILES string of the molecule is CCCOc1ccccc1[C@@H]1C2=C(C[C@H](c3ccc(OC)cc3)CC2=O)Nc2ccccc2N1C(=O)CC. The van der Waals surface area contributed by atoms with Crippen LogP contribution in [-0.2, 0) is 9.59 Å². The van der Waals surface area contributed by atoms with Crippen LogP contribution in [0.25, 0.3) is 0 Å². The van der Waals surface area contributed by atoms with Crippen molar-refractivity contribution in [3.05, 3.63) is 95.2 Å². The number of hydrogen-bond donors (Lipinski definition) is 1. The summed E-state index contributed by atoms with van der Waals surface area (Å²) in [6.07, 6.45) is 2.20. The number of amides is 1. The second-order valence-corrected chi connectivity index (χ2v) is 9.74. The van der Waals surface area contributed by atoms with Gasteiger partial charge in [-0.15, -0.1) is 0 Å². The summed E-state index contributed by atoms with van der Waals surface area (Å²) >= 11 is 0. The van der Waals surface area contributed by atoms with Crippen LogP contribution in [0.5, 0.6) is 11.5 Å². The molecule has 1 aliphatic carbocycles. The highest BCUT2D eigenvalue weighted by molar-refractivity contribution is 6.06. The second-order valence-electron chi connectivity index (χ2n) is 9.74. The van der Waals surface area contributed by atoms with E-state index in [2.05, 4.69) is 12.2 Å². The Labute approximate surface area is 224 Å². The van der Waals surface area contributed by atoms with Crippen molar-refractivity contribution >= 4 is 23.1 Å². The minimum atomic E-state index is -0.592. The fraction of sp³-hybridized carbons (Fsp3) is 0.312. The molecule has 196 valence electrons. The topological polar surface area (TPSA) is 67.9 Å². The Hall–Kier alpha value is -4.06. The zero-order valence-electron chi connectivity index (χ0n) is 22.2. The van der Waals surface area contributed by atoms with Crippen molar-refractivity contribution in [3.63, 3.8) is 0 Å². The van der Waals surface area contributed by atoms with E-state index in [-0.39, 0.29) is 17.6 Å². The molecule has 1 heterocycles. The van der Waals surface area contributed by atoms with E-state index in [1.807, 2.05) is 79.7 Å². The van der Waals surface area contributed by atoms with Gasteiger partial charge in [-0.25, -0.2) is 0 Å². The Kier molecular flexibility index (Phi) is 7.50. The van der Waals surface area contributed by atoms with E-state index < -0.39 is 6.04 Å². The molecular formula is C32H34N2O4. The Morgan fingerprint density at radius 2 is 1.71 bits per heavy atom. The van der Waals surface area contributed by atoms with E-state index in [1.54, 1.807) is 12.0 Å². The van der Waals surface area contributed by atoms with Crippen LogP contribution in [0.3, 0.4) is 0 Å². The molecule has 1 N–H and O–H groups in total. The Morgan fingerprint density at radius 1 is 0.974 bits per heavy atom. The summed E-state index contributed by atoms with van der Waals surface area (Å²) in [4.78, 5) is 29.5. The quantitative estimate of drug-likeness (QED) is 0.379. The Morgan fingerprint density at radius 3 is 2.45 bits per heavy atom. The maximum Gasteiger partial charge on any atom is 0.227 e. The van der Waals surface area contributed by atoms with Gasteiger partial charge in [0.1, 0.15) is 11.5 Å². The molecule has 2 aliphatic rings. The third-order valence-electron chi connectivity index (χ3n) is 7.32. The molecule has 0 saturated carbocycles. The minimum Gasteiger partial charge on any atom is -0.497 e. The van der Waals surface area contributed by atoms with Crippen molar-refractivity contribution in [1.29, 1.82) is 0 Å². The van der Waals surface area contributed by atoms with Crippen molar-refractivity contribution < 1.29 is 19.1 Å². The van der Waals surface area contributed by atoms with Gasteiger partial charge in [-0.2, -0.15) is 0 Å². The maximum atomic E-state index is 14.1. The summed E-state index contributed by atoms with van der Waals surface area (Å²) in [7, 11) is 1.65. The Bertz CT molecular complexity index is 1360. The van der Waals surface area contributed by atoms with E-state index in [9.17, 15) is 9.59 Å². The number of carbonyl (C=O) groups is 2. The number of para-hydroxylation sites is 3. The number of methoxy groups -OCH3 is 1. The van der Waals surface area contributed by atoms with Gasteiger partial charge >= 0.3 is 0 Å². The standard InChI is InChI=1S/C32H34N2O4/c1-4-18-38-29-13-9-6-10-24(29)32-31-26(33-25-11-7-8-12-27(25)34(32)30(36)5-2)19-22(20-28(31)35)21-14-16-23(37-3)17-15-21/h6-17,22,32-33H,4-5,18-20H2,1-3H3/t22-,32+/m0/s1. The highest BCUT2D eigenvalue weighted by atomic mass is 16.5. The van der Waals surface area contributed by atoms with Crippen LogP contribution in [0.15, 0.2) is 84.1 Å². The number of Topliss-reactive ketones (excluding diaryl/α,β-unsaturated/α-hetero) is 1. The molecule has 2 atom stereocenters. The second kappa shape index (κ2) is 11.1. The summed E-state index contributed by atoms with van der Waals surface area (Å²) in [5.74, 6) is 1.50. The number of fused-ring (bicyclic) bond motifs is 1. The van der Waals surface area contributed by atoms with Gasteiger partial charge in [-0.1, -0.05) is 56.3 Å². The minimum absolute atomic E-state index is 0.0208. The highest BCUT2D eigenvalue weighted by Crippen LogP contribution is 2.49. The molecule has 1 amide bonds. The molecule has 0 radical (unpaired) electrons. The summed E-state index contributed by atoms with van der Waals surface area (Å²) in [5, 5.41) is 3.58. The van der Waals surface area contributed by atoms with Crippen LogP contribution in [0.1, 0.15) is 62.6 Å². The van der Waals surface area contributed by atoms with Gasteiger partial charge in [-0.05, 0) is 54.7 Å². The number of hydrogen-bond acceptors (Lipinski definition) is 5. The fourth-order valence-corrected chi connectivity index (χ4v) is 5.49. The molecule has 1 aliphatic heterocycles. The molecule has 0 fully saturated rings. The summed E-state index contributed by atoms with van der Waals surface area (Å²) in [5.41, 5.74) is 4.99. The van der Waals surface area contributed by atoms with E-state index in [4.69, 9.17) is 9.47 Å². The van der Waals surface area contributed by atoms with Crippen molar-refractivity contribution in [2.45, 2.75) is 51.5 Å². The van der Waals surface area contributed by atoms with Gasteiger partial charge in [0.2, 0.25) is 5.91 Å². The van der Waals surface area contributed by atoms with Crippen LogP contribution >= 0.6 is 0 Å². The average Bonchev–Trinajstić information content (AvgIpc) is 3.10. The lowest BCUT2D eigenvalue weighted by Crippen LogP contribution is -2.38. The molecule has 6 heteroatoms. The van der Waals surface area contributed by atoms with Crippen LogP contribution in [0.2, 0.25) is 0 Å². The van der Waals surface area contributed by atoms with Crippen molar-refractivity contribution in [1.82, 2.24) is 0 Å². The first-order valence-corrected chi connectivity index (χ1v) is 13.4. The van der Waals surface area contributed by atoms with Gasteiger partial charge in [0.15, 0.2) is 5.78 Å². The largest absolute Gasteiger partial charge is 0.497 e. The van der Waals surface area contributed by atoms with E-state index in [1.165, 1.54) is 0 Å². The molecule has 3 aromatic carbocycles. The average molecular weight is 511 g/mol. The molecule has 5 rings (SSSR count). The normalized spacial score (nSPS) is 18.7. The van der Waals surface area contributed by atoms with Crippen molar-refractivity contribution in [2.75, 3.05) is 23.9 Å². The van der Waals surface area contributed by atoms with Crippen molar-refractivity contribution in [2.24, 2.45) is 0 Å². The van der Waals surface area contributed by atoms with Gasteiger partial charge in [0.05, 0.1) is 31.1 Å². The zero-order chi connectivity index (χ0) is 26.6. The zero-order valence-corrected chi connectivity index (χ0v) is 22.2. The molecule has 0 unspecified atom stereocenters. The third kappa shape index (κ3) is 4.78. The van der Waals surface area contributed by atoms with E-state index >= 15 is 0 Å². The van der Waals surface area contributed by atoms with E-state index in [0.717, 1.165) is 40.4 Å². The van der Waals surface area contributed by atoms with E-state index in [0.29, 0.717) is 37.2 Å². The number of nitrogens with one attached hydrogen (secondary N) is 1. The predicted octanol–water partition coefficient (Wildman–Crippen LogP) is 6.79. The maximum absolute atomic E-state index is 14.1. The number of anilines is 2. The first-order chi connectivity index (χ1) is 18.5. The van der Waals surface area contributed by atoms with Crippen LogP contribution < -0.4 is 19.7 Å².